The van der Waals surface area contributed by atoms with Gasteiger partial charge in [-0.05, 0) is 38.5 Å². The van der Waals surface area contributed by atoms with Crippen LogP contribution in [0, 0.1) is 5.92 Å². The summed E-state index contributed by atoms with van der Waals surface area (Å²) in [6.07, 6.45) is -2.28. The number of alkyl halides is 3. The van der Waals surface area contributed by atoms with Crippen LogP contribution in [0.25, 0.3) is 0 Å². The second kappa shape index (κ2) is 5.28. The van der Waals surface area contributed by atoms with Gasteiger partial charge in [-0.25, -0.2) is 0 Å². The van der Waals surface area contributed by atoms with E-state index in [1.54, 1.807) is 0 Å². The third kappa shape index (κ3) is 3.82. The molecule has 4 nitrogen and oxygen atoms in total. The lowest BCUT2D eigenvalue weighted by atomic mass is 9.79. The average molecular weight is 282 g/mol. The van der Waals surface area contributed by atoms with Gasteiger partial charge in [0.1, 0.15) is 0 Å². The van der Waals surface area contributed by atoms with Gasteiger partial charge in [-0.1, -0.05) is 6.92 Å². The van der Waals surface area contributed by atoms with Gasteiger partial charge in [0.25, 0.3) is 0 Å². The lowest BCUT2D eigenvalue weighted by molar-refractivity contribution is -0.188. The minimum atomic E-state index is -4.82. The van der Waals surface area contributed by atoms with Crippen molar-refractivity contribution in [1.82, 2.24) is 5.32 Å². The Kier molecular flexibility index (Phi) is 4.51. The van der Waals surface area contributed by atoms with Crippen molar-refractivity contribution in [1.29, 1.82) is 0 Å². The molecule has 1 rings (SSSR count). The van der Waals surface area contributed by atoms with E-state index in [1.807, 2.05) is 0 Å². The number of carbonyl (C=O) groups excluding carboxylic acids is 1. The van der Waals surface area contributed by atoms with E-state index in [2.05, 4.69) is 12.2 Å². The van der Waals surface area contributed by atoms with Gasteiger partial charge in [-0.15, -0.1) is 0 Å². The van der Waals surface area contributed by atoms with Gasteiger partial charge >= 0.3 is 6.18 Å². The number of carbonyl (C=O) groups is 1. The quantitative estimate of drug-likeness (QED) is 0.731. The van der Waals surface area contributed by atoms with E-state index in [-0.39, 0.29) is 6.54 Å². The van der Waals surface area contributed by atoms with Crippen molar-refractivity contribution in [3.8, 4) is 0 Å². The Morgan fingerprint density at radius 3 is 2.32 bits per heavy atom. The zero-order valence-corrected chi connectivity index (χ0v) is 11.2. The first-order chi connectivity index (χ1) is 8.48. The first kappa shape index (κ1) is 16.2. The molecule has 1 atom stereocenters. The van der Waals surface area contributed by atoms with Gasteiger partial charge < -0.3 is 16.2 Å². The highest BCUT2D eigenvalue weighted by Crippen LogP contribution is 2.32. The number of nitrogens with two attached hydrogens (primary N) is 1. The maximum atomic E-state index is 12.5. The molecular weight excluding hydrogens is 261 g/mol. The molecule has 1 amide bonds. The Hall–Kier alpha value is -0.820. The summed E-state index contributed by atoms with van der Waals surface area (Å²) < 4.78 is 37.6. The number of hydrogen-bond donors (Lipinski definition) is 3. The van der Waals surface area contributed by atoms with Crippen LogP contribution in [0.1, 0.15) is 39.5 Å². The largest absolute Gasteiger partial charge is 0.415 e. The molecule has 1 saturated carbocycles. The van der Waals surface area contributed by atoms with Crippen molar-refractivity contribution in [2.24, 2.45) is 11.7 Å². The molecule has 1 aliphatic carbocycles. The van der Waals surface area contributed by atoms with E-state index < -0.39 is 23.2 Å². The summed E-state index contributed by atoms with van der Waals surface area (Å²) in [4.78, 5) is 11.5. The van der Waals surface area contributed by atoms with Gasteiger partial charge in [-0.3, -0.25) is 4.79 Å². The third-order valence-electron chi connectivity index (χ3n) is 3.84. The van der Waals surface area contributed by atoms with Crippen LogP contribution in [-0.4, -0.2) is 34.9 Å². The molecule has 0 aromatic carbocycles. The molecule has 0 bridgehead atoms. The molecule has 1 fully saturated rings. The summed E-state index contributed by atoms with van der Waals surface area (Å²) in [5.74, 6) is -0.821. The van der Waals surface area contributed by atoms with E-state index in [4.69, 9.17) is 5.73 Å². The minimum Gasteiger partial charge on any atom is -0.388 e. The fourth-order valence-corrected chi connectivity index (χ4v) is 2.03. The molecule has 0 aromatic heterocycles. The van der Waals surface area contributed by atoms with Crippen LogP contribution in [0.15, 0.2) is 0 Å². The molecule has 4 N–H and O–H groups in total. The highest BCUT2D eigenvalue weighted by atomic mass is 19.4. The number of hydrogen-bond acceptors (Lipinski definition) is 3. The van der Waals surface area contributed by atoms with Gasteiger partial charge in [0.05, 0.1) is 5.60 Å². The first-order valence-corrected chi connectivity index (χ1v) is 6.34. The van der Waals surface area contributed by atoms with Gasteiger partial charge in [0.15, 0.2) is 5.54 Å². The monoisotopic (exact) mass is 282 g/mol. The number of amides is 1. The molecule has 0 saturated heterocycles. The summed E-state index contributed by atoms with van der Waals surface area (Å²) in [6, 6.07) is 0. The van der Waals surface area contributed by atoms with Crippen LogP contribution in [0.2, 0.25) is 0 Å². The Bertz CT molecular complexity index is 334. The summed E-state index contributed by atoms with van der Waals surface area (Å²) >= 11 is 0. The fourth-order valence-electron chi connectivity index (χ4n) is 2.03. The van der Waals surface area contributed by atoms with E-state index in [1.165, 1.54) is 0 Å². The predicted molar refractivity (Wildman–Crippen MR) is 64.2 cm³/mol. The van der Waals surface area contributed by atoms with Crippen molar-refractivity contribution < 1.29 is 23.1 Å². The number of aliphatic hydroxyl groups is 1. The number of halogens is 3. The molecule has 0 radical (unpaired) electrons. The molecular formula is C12H21F3N2O2. The zero-order valence-electron chi connectivity index (χ0n) is 11.2. The Morgan fingerprint density at radius 1 is 1.42 bits per heavy atom. The van der Waals surface area contributed by atoms with E-state index in [0.717, 1.165) is 12.8 Å². The van der Waals surface area contributed by atoms with E-state index in [9.17, 15) is 23.1 Å². The molecule has 7 heteroatoms. The molecule has 0 spiro atoms. The minimum absolute atomic E-state index is 0.193. The number of nitrogens with one attached hydrogen (secondary N) is 1. The Morgan fingerprint density at radius 2 is 1.89 bits per heavy atom. The van der Waals surface area contributed by atoms with Gasteiger partial charge in [-0.2, -0.15) is 13.2 Å². The summed E-state index contributed by atoms with van der Waals surface area (Å²) in [6.45, 7) is 2.48. The molecule has 0 aromatic rings. The normalized spacial score (nSPS) is 31.6. The van der Waals surface area contributed by atoms with Crippen molar-refractivity contribution in [2.45, 2.75) is 56.8 Å². The molecule has 0 aliphatic heterocycles. The van der Waals surface area contributed by atoms with Crippen molar-refractivity contribution in [3.05, 3.63) is 0 Å². The van der Waals surface area contributed by atoms with Gasteiger partial charge in [0.2, 0.25) is 5.91 Å². The van der Waals surface area contributed by atoms with Crippen molar-refractivity contribution in [3.63, 3.8) is 0 Å². The maximum absolute atomic E-state index is 12.5. The summed E-state index contributed by atoms with van der Waals surface area (Å²) in [5.41, 5.74) is 0.939. The highest BCUT2D eigenvalue weighted by molar-refractivity contribution is 5.86. The van der Waals surface area contributed by atoms with Crippen LogP contribution < -0.4 is 11.1 Å². The molecule has 112 valence electrons. The highest BCUT2D eigenvalue weighted by Gasteiger charge is 2.54. The molecule has 0 heterocycles. The van der Waals surface area contributed by atoms with E-state index >= 15 is 0 Å². The van der Waals surface area contributed by atoms with Crippen LogP contribution in [0.3, 0.4) is 0 Å². The molecule has 1 unspecified atom stereocenters. The second-order valence-corrected chi connectivity index (χ2v) is 5.79. The van der Waals surface area contributed by atoms with Crippen LogP contribution in [0.5, 0.6) is 0 Å². The third-order valence-corrected chi connectivity index (χ3v) is 3.84. The summed E-state index contributed by atoms with van der Waals surface area (Å²) in [5, 5.41) is 12.3. The average Bonchev–Trinajstić information content (AvgIpc) is 2.29. The van der Waals surface area contributed by atoms with Crippen LogP contribution in [0.4, 0.5) is 13.2 Å². The SMILES string of the molecule is CC1CCC(O)(CNC(=O)C(C)(N)C(F)(F)F)CC1. The number of rotatable bonds is 3. The lowest BCUT2D eigenvalue weighted by Crippen LogP contribution is -2.62. The van der Waals surface area contributed by atoms with Gasteiger partial charge in [0, 0.05) is 6.54 Å². The Balaban J connectivity index is 2.55. The lowest BCUT2D eigenvalue weighted by Gasteiger charge is -2.36. The van der Waals surface area contributed by atoms with Crippen molar-refractivity contribution in [2.75, 3.05) is 6.54 Å². The first-order valence-electron chi connectivity index (χ1n) is 6.34. The Labute approximate surface area is 110 Å². The smallest absolute Gasteiger partial charge is 0.388 e. The van der Waals surface area contributed by atoms with Crippen LogP contribution in [-0.2, 0) is 4.79 Å². The molecule has 19 heavy (non-hydrogen) atoms. The fraction of sp³-hybridized carbons (Fsp3) is 0.917. The molecule has 1 aliphatic rings. The van der Waals surface area contributed by atoms with Crippen LogP contribution >= 0.6 is 0 Å². The summed E-state index contributed by atoms with van der Waals surface area (Å²) in [7, 11) is 0. The van der Waals surface area contributed by atoms with Crippen molar-refractivity contribution >= 4 is 5.91 Å². The predicted octanol–water partition coefficient (Wildman–Crippen LogP) is 1.32. The second-order valence-electron chi connectivity index (χ2n) is 5.79. The zero-order chi connectivity index (χ0) is 14.9. The standard InChI is InChI=1S/C12H21F3N2O2/c1-8-3-5-11(19,6-4-8)7-17-9(18)10(2,16)12(13,14)15/h8,19H,3-7,16H2,1-2H3,(H,17,18). The van der Waals surface area contributed by atoms with E-state index in [0.29, 0.717) is 25.7 Å². The maximum Gasteiger partial charge on any atom is 0.415 e. The topological polar surface area (TPSA) is 75.3 Å².